The molecule has 3 heteroatoms. The summed E-state index contributed by atoms with van der Waals surface area (Å²) >= 11 is 0. The molecule has 0 saturated heterocycles. The molecule has 0 aliphatic carbocycles. The summed E-state index contributed by atoms with van der Waals surface area (Å²) in [6, 6.07) is 20.2. The maximum atomic E-state index is 4.20. The van der Waals surface area contributed by atoms with Crippen molar-refractivity contribution in [2.75, 3.05) is 7.05 Å². The lowest BCUT2D eigenvalue weighted by molar-refractivity contribution is 0.674. The van der Waals surface area contributed by atoms with Crippen LogP contribution in [0, 0.1) is 6.07 Å². The predicted octanol–water partition coefficient (Wildman–Crippen LogP) is 3.04. The molecule has 3 nitrogen and oxygen atoms in total. The van der Waals surface area contributed by atoms with E-state index in [1.165, 1.54) is 11.1 Å². The minimum atomic E-state index is 0.138. The minimum absolute atomic E-state index is 0.138. The van der Waals surface area contributed by atoms with Gasteiger partial charge < -0.3 is 9.88 Å². The maximum Gasteiger partial charge on any atom is 0.0954 e. The van der Waals surface area contributed by atoms with Gasteiger partial charge in [0.2, 0.25) is 0 Å². The molecule has 105 valence electrons. The van der Waals surface area contributed by atoms with Gasteiger partial charge in [0.05, 0.1) is 12.4 Å². The summed E-state index contributed by atoms with van der Waals surface area (Å²) in [6.45, 7) is 0.819. The summed E-state index contributed by atoms with van der Waals surface area (Å²) in [6.07, 6.45) is 5.69. The highest BCUT2D eigenvalue weighted by atomic mass is 15.0. The molecule has 1 N–H and O–H groups in total. The van der Waals surface area contributed by atoms with Crippen LogP contribution in [0.5, 0.6) is 0 Å². The van der Waals surface area contributed by atoms with E-state index in [0.29, 0.717) is 0 Å². The van der Waals surface area contributed by atoms with Crippen LogP contribution in [0.4, 0.5) is 0 Å². The maximum absolute atomic E-state index is 4.20. The average Bonchev–Trinajstić information content (AvgIpc) is 3.03. The zero-order valence-corrected chi connectivity index (χ0v) is 12.0. The van der Waals surface area contributed by atoms with Crippen molar-refractivity contribution >= 4 is 0 Å². The number of benzene rings is 2. The van der Waals surface area contributed by atoms with Gasteiger partial charge in [-0.3, -0.25) is 0 Å². The van der Waals surface area contributed by atoms with E-state index in [1.54, 1.807) is 0 Å². The average molecular weight is 276 g/mol. The summed E-state index contributed by atoms with van der Waals surface area (Å²) in [5, 5.41) is 3.17. The van der Waals surface area contributed by atoms with Crippen LogP contribution in [0.15, 0.2) is 67.3 Å². The lowest BCUT2D eigenvalue weighted by Gasteiger charge is -2.20. The highest BCUT2D eigenvalue weighted by Gasteiger charge is 2.15. The third kappa shape index (κ3) is 3.03. The molecule has 1 radical (unpaired) electrons. The number of hydrogen-bond acceptors (Lipinski definition) is 2. The smallest absolute Gasteiger partial charge is 0.0954 e. The second-order valence-electron chi connectivity index (χ2n) is 5.00. The molecule has 1 unspecified atom stereocenters. The van der Waals surface area contributed by atoms with Gasteiger partial charge in [0.15, 0.2) is 0 Å². The fourth-order valence-electron chi connectivity index (χ4n) is 2.59. The number of aromatic nitrogens is 2. The van der Waals surface area contributed by atoms with E-state index < -0.39 is 0 Å². The second-order valence-corrected chi connectivity index (χ2v) is 5.00. The van der Waals surface area contributed by atoms with Gasteiger partial charge in [-0.1, -0.05) is 48.5 Å². The topological polar surface area (TPSA) is 29.9 Å². The van der Waals surface area contributed by atoms with E-state index in [2.05, 4.69) is 57.3 Å². The van der Waals surface area contributed by atoms with Gasteiger partial charge in [-0.05, 0) is 29.8 Å². The molecular formula is C18H18N3. The van der Waals surface area contributed by atoms with E-state index in [0.717, 1.165) is 12.1 Å². The molecule has 2 aromatic carbocycles. The highest BCUT2D eigenvalue weighted by molar-refractivity contribution is 5.34. The molecule has 3 rings (SSSR count). The van der Waals surface area contributed by atoms with Crippen LogP contribution in [0.25, 0.3) is 0 Å². The molecule has 0 bridgehead atoms. The number of nitrogens with one attached hydrogen (secondary N) is 1. The van der Waals surface area contributed by atoms with Crippen molar-refractivity contribution in [2.45, 2.75) is 12.6 Å². The third-order valence-electron chi connectivity index (χ3n) is 3.51. The monoisotopic (exact) mass is 276 g/mol. The van der Waals surface area contributed by atoms with Crippen LogP contribution < -0.4 is 5.32 Å². The zero-order chi connectivity index (χ0) is 14.5. The van der Waals surface area contributed by atoms with Gasteiger partial charge in [0.1, 0.15) is 0 Å². The van der Waals surface area contributed by atoms with Gasteiger partial charge >= 0.3 is 0 Å². The van der Waals surface area contributed by atoms with Gasteiger partial charge in [0, 0.05) is 18.9 Å². The molecule has 0 aliphatic rings. The molecule has 21 heavy (non-hydrogen) atoms. The lowest BCUT2D eigenvalue weighted by atomic mass is 9.97. The fraction of sp³-hybridized carbons (Fsp3) is 0.167. The first-order valence-electron chi connectivity index (χ1n) is 7.06. The van der Waals surface area contributed by atoms with Crippen molar-refractivity contribution in [1.29, 1.82) is 0 Å². The Morgan fingerprint density at radius 1 is 1.19 bits per heavy atom. The molecule has 0 spiro atoms. The molecule has 3 aromatic rings. The van der Waals surface area contributed by atoms with Crippen LogP contribution in [0.1, 0.15) is 22.7 Å². The number of nitrogens with zero attached hydrogens (tertiary/aromatic N) is 2. The third-order valence-corrected chi connectivity index (χ3v) is 3.51. The van der Waals surface area contributed by atoms with E-state index in [1.807, 2.05) is 37.9 Å². The van der Waals surface area contributed by atoms with Gasteiger partial charge in [0.25, 0.3) is 0 Å². The van der Waals surface area contributed by atoms with Crippen LogP contribution in [0.2, 0.25) is 0 Å². The van der Waals surface area contributed by atoms with Gasteiger partial charge in [-0.15, -0.1) is 0 Å². The van der Waals surface area contributed by atoms with E-state index >= 15 is 0 Å². The second kappa shape index (κ2) is 6.37. The molecule has 0 amide bonds. The molecule has 1 aromatic heterocycles. The first-order chi connectivity index (χ1) is 10.4. The summed E-state index contributed by atoms with van der Waals surface area (Å²) < 4.78 is 2.13. The summed E-state index contributed by atoms with van der Waals surface area (Å²) in [5.74, 6) is 0. The Morgan fingerprint density at radius 2 is 2.05 bits per heavy atom. The highest BCUT2D eigenvalue weighted by Crippen LogP contribution is 2.26. The number of hydrogen-bond donors (Lipinski definition) is 1. The summed E-state index contributed by atoms with van der Waals surface area (Å²) in [4.78, 5) is 4.20. The molecule has 1 heterocycles. The normalized spacial score (nSPS) is 12.2. The molecule has 0 aliphatic heterocycles. The summed E-state index contributed by atoms with van der Waals surface area (Å²) in [5.41, 5.74) is 3.65. The zero-order valence-electron chi connectivity index (χ0n) is 12.0. The summed E-state index contributed by atoms with van der Waals surface area (Å²) in [7, 11) is 1.95. The van der Waals surface area contributed by atoms with Crippen molar-refractivity contribution in [1.82, 2.24) is 14.9 Å². The first kappa shape index (κ1) is 13.6. The van der Waals surface area contributed by atoms with Crippen LogP contribution in [0.3, 0.4) is 0 Å². The Morgan fingerprint density at radius 3 is 2.76 bits per heavy atom. The number of imidazole rings is 1. The van der Waals surface area contributed by atoms with E-state index in [-0.39, 0.29) is 6.04 Å². The fourth-order valence-corrected chi connectivity index (χ4v) is 2.59. The minimum Gasteiger partial charge on any atom is -0.326 e. The molecule has 0 fully saturated rings. The molecule has 1 atom stereocenters. The predicted molar refractivity (Wildman–Crippen MR) is 84.0 cm³/mol. The lowest BCUT2D eigenvalue weighted by Crippen LogP contribution is -2.12. The Balaban J connectivity index is 2.06. The Kier molecular flexibility index (Phi) is 4.12. The Hall–Kier alpha value is -2.39. The van der Waals surface area contributed by atoms with Crippen LogP contribution in [-0.4, -0.2) is 16.6 Å². The molecule has 0 saturated carbocycles. The van der Waals surface area contributed by atoms with Crippen LogP contribution >= 0.6 is 0 Å². The quantitative estimate of drug-likeness (QED) is 0.776. The van der Waals surface area contributed by atoms with Gasteiger partial charge in [-0.2, -0.15) is 0 Å². The van der Waals surface area contributed by atoms with E-state index in [4.69, 9.17) is 0 Å². The van der Waals surface area contributed by atoms with Crippen molar-refractivity contribution < 1.29 is 0 Å². The number of rotatable bonds is 5. The molecular weight excluding hydrogens is 258 g/mol. The SMILES string of the molecule is CNCc1[c]ccc(C(c2ccccc2)n2ccnc2)c1. The van der Waals surface area contributed by atoms with Crippen LogP contribution in [-0.2, 0) is 6.54 Å². The van der Waals surface area contributed by atoms with Gasteiger partial charge in [-0.25, -0.2) is 4.98 Å². The first-order valence-corrected chi connectivity index (χ1v) is 7.06. The van der Waals surface area contributed by atoms with Crippen molar-refractivity contribution in [3.8, 4) is 0 Å². The largest absolute Gasteiger partial charge is 0.326 e. The van der Waals surface area contributed by atoms with E-state index in [9.17, 15) is 0 Å². The van der Waals surface area contributed by atoms with Crippen molar-refractivity contribution in [2.24, 2.45) is 0 Å². The van der Waals surface area contributed by atoms with Crippen molar-refractivity contribution in [3.05, 3.63) is 90.0 Å². The standard InChI is InChI=1S/C18H18N3/c1-19-13-15-6-5-9-17(12-15)18(21-11-10-20-14-21)16-7-3-2-4-8-16/h2-5,7-12,14,18-19H,13H2,1H3. The van der Waals surface area contributed by atoms with Crippen molar-refractivity contribution in [3.63, 3.8) is 0 Å². The Bertz CT molecular complexity index is 675. The Labute approximate surface area is 125 Å².